The van der Waals surface area contributed by atoms with Crippen LogP contribution < -0.4 is 14.8 Å². The number of nitrogens with zero attached hydrogens (tertiary/aromatic N) is 1. The highest BCUT2D eigenvalue weighted by molar-refractivity contribution is 14.1. The number of aromatic nitrogens is 1. The molecule has 0 unspecified atom stereocenters. The molecule has 1 amide bonds. The highest BCUT2D eigenvalue weighted by Gasteiger charge is 2.05. The molecular formula is C20H17IN2O3. The van der Waals surface area contributed by atoms with E-state index in [1.165, 1.54) is 0 Å². The van der Waals surface area contributed by atoms with Gasteiger partial charge in [0.15, 0.2) is 6.61 Å². The lowest BCUT2D eigenvalue weighted by Crippen LogP contribution is -2.20. The fourth-order valence-electron chi connectivity index (χ4n) is 2.19. The quantitative estimate of drug-likeness (QED) is 0.535. The average molecular weight is 460 g/mol. The predicted octanol–water partition coefficient (Wildman–Crippen LogP) is 4.28. The lowest BCUT2D eigenvalue weighted by molar-refractivity contribution is -0.118. The molecule has 3 aromatic rings. The first-order valence-electron chi connectivity index (χ1n) is 7.99. The van der Waals surface area contributed by atoms with Crippen molar-refractivity contribution in [2.75, 3.05) is 11.9 Å². The molecule has 0 bridgehead atoms. The van der Waals surface area contributed by atoms with Gasteiger partial charge in [0.05, 0.1) is 0 Å². The maximum absolute atomic E-state index is 12.1. The van der Waals surface area contributed by atoms with Crippen molar-refractivity contribution in [1.82, 2.24) is 4.98 Å². The van der Waals surface area contributed by atoms with Crippen molar-refractivity contribution in [3.8, 4) is 11.5 Å². The Hall–Kier alpha value is -2.61. The molecule has 1 aromatic heterocycles. The molecule has 0 spiro atoms. The van der Waals surface area contributed by atoms with E-state index in [-0.39, 0.29) is 12.5 Å². The summed E-state index contributed by atoms with van der Waals surface area (Å²) in [4.78, 5) is 16.1. The Kier molecular flexibility index (Phi) is 6.43. The van der Waals surface area contributed by atoms with Crippen LogP contribution in [0, 0.1) is 3.57 Å². The summed E-state index contributed by atoms with van der Waals surface area (Å²) < 4.78 is 12.3. The molecule has 1 N–H and O–H groups in total. The highest BCUT2D eigenvalue weighted by atomic mass is 127. The Morgan fingerprint density at radius 3 is 2.62 bits per heavy atom. The predicted molar refractivity (Wildman–Crippen MR) is 108 cm³/mol. The summed E-state index contributed by atoms with van der Waals surface area (Å²) in [5.41, 5.74) is 1.64. The van der Waals surface area contributed by atoms with E-state index in [1.54, 1.807) is 24.5 Å². The van der Waals surface area contributed by atoms with Gasteiger partial charge in [0.2, 0.25) is 0 Å². The number of hydrogen-bond acceptors (Lipinski definition) is 4. The number of hydrogen-bond donors (Lipinski definition) is 1. The van der Waals surface area contributed by atoms with Gasteiger partial charge in [0, 0.05) is 33.3 Å². The molecule has 1 heterocycles. The summed E-state index contributed by atoms with van der Waals surface area (Å²) in [5.74, 6) is 1.10. The maximum Gasteiger partial charge on any atom is 0.262 e. The lowest BCUT2D eigenvalue weighted by atomic mass is 10.3. The number of amides is 1. The summed E-state index contributed by atoms with van der Waals surface area (Å²) in [5, 5.41) is 2.80. The Morgan fingerprint density at radius 1 is 1.00 bits per heavy atom. The SMILES string of the molecule is O=C(COc1ccc(I)cc1)Nc1cccc(OCc2cccnc2)c1. The van der Waals surface area contributed by atoms with E-state index < -0.39 is 0 Å². The molecule has 0 fully saturated rings. The minimum absolute atomic E-state index is 0.0542. The third-order valence-electron chi connectivity index (χ3n) is 3.43. The van der Waals surface area contributed by atoms with E-state index in [0.717, 1.165) is 9.13 Å². The Bertz CT molecular complexity index is 854. The van der Waals surface area contributed by atoms with Gasteiger partial charge in [-0.25, -0.2) is 0 Å². The zero-order valence-corrected chi connectivity index (χ0v) is 16.0. The van der Waals surface area contributed by atoms with Crippen molar-refractivity contribution in [1.29, 1.82) is 0 Å². The second-order valence-corrected chi connectivity index (χ2v) is 6.71. The second-order valence-electron chi connectivity index (χ2n) is 5.47. The number of nitrogens with one attached hydrogen (secondary N) is 1. The van der Waals surface area contributed by atoms with Crippen molar-refractivity contribution >= 4 is 34.2 Å². The van der Waals surface area contributed by atoms with Crippen molar-refractivity contribution in [2.45, 2.75) is 6.61 Å². The fourth-order valence-corrected chi connectivity index (χ4v) is 2.55. The third-order valence-corrected chi connectivity index (χ3v) is 4.15. The number of rotatable bonds is 7. The van der Waals surface area contributed by atoms with Crippen LogP contribution in [0.3, 0.4) is 0 Å². The highest BCUT2D eigenvalue weighted by Crippen LogP contribution is 2.19. The summed E-state index contributed by atoms with van der Waals surface area (Å²) in [7, 11) is 0. The van der Waals surface area contributed by atoms with Gasteiger partial charge in [-0.05, 0) is 65.1 Å². The number of benzene rings is 2. The Morgan fingerprint density at radius 2 is 1.85 bits per heavy atom. The van der Waals surface area contributed by atoms with Crippen LogP contribution in [0.1, 0.15) is 5.56 Å². The van der Waals surface area contributed by atoms with Crippen LogP contribution in [0.25, 0.3) is 0 Å². The number of carbonyl (C=O) groups excluding carboxylic acids is 1. The van der Waals surface area contributed by atoms with Crippen LogP contribution in [0.15, 0.2) is 73.1 Å². The molecule has 2 aromatic carbocycles. The molecule has 0 saturated heterocycles. The van der Waals surface area contributed by atoms with Crippen molar-refractivity contribution in [3.05, 3.63) is 82.2 Å². The van der Waals surface area contributed by atoms with E-state index in [2.05, 4.69) is 32.9 Å². The van der Waals surface area contributed by atoms with E-state index in [0.29, 0.717) is 23.8 Å². The normalized spacial score (nSPS) is 10.2. The largest absolute Gasteiger partial charge is 0.489 e. The molecule has 0 atom stereocenters. The first kappa shape index (κ1) is 18.2. The van der Waals surface area contributed by atoms with Crippen LogP contribution in [-0.4, -0.2) is 17.5 Å². The van der Waals surface area contributed by atoms with Crippen LogP contribution in [0.2, 0.25) is 0 Å². The van der Waals surface area contributed by atoms with Gasteiger partial charge in [0.1, 0.15) is 18.1 Å². The van der Waals surface area contributed by atoms with E-state index in [9.17, 15) is 4.79 Å². The number of pyridine rings is 1. The average Bonchev–Trinajstić information content (AvgIpc) is 2.67. The van der Waals surface area contributed by atoms with E-state index in [1.807, 2.05) is 48.5 Å². The van der Waals surface area contributed by atoms with Gasteiger partial charge in [-0.2, -0.15) is 0 Å². The molecule has 5 nitrogen and oxygen atoms in total. The molecule has 132 valence electrons. The summed E-state index contributed by atoms with van der Waals surface area (Å²) in [6.45, 7) is 0.364. The number of ether oxygens (including phenoxy) is 2. The topological polar surface area (TPSA) is 60.5 Å². The van der Waals surface area contributed by atoms with Crippen molar-refractivity contribution in [3.63, 3.8) is 0 Å². The minimum atomic E-state index is -0.229. The lowest BCUT2D eigenvalue weighted by Gasteiger charge is -2.10. The molecule has 26 heavy (non-hydrogen) atoms. The smallest absolute Gasteiger partial charge is 0.262 e. The van der Waals surface area contributed by atoms with Gasteiger partial charge in [-0.1, -0.05) is 12.1 Å². The summed E-state index contributed by atoms with van der Waals surface area (Å²) in [6, 6.07) is 18.6. The molecule has 0 radical (unpaired) electrons. The van der Waals surface area contributed by atoms with Gasteiger partial charge < -0.3 is 14.8 Å². The van der Waals surface area contributed by atoms with Gasteiger partial charge in [0.25, 0.3) is 5.91 Å². The zero-order chi connectivity index (χ0) is 18.2. The van der Waals surface area contributed by atoms with Gasteiger partial charge in [-0.15, -0.1) is 0 Å². The Labute approximate surface area is 165 Å². The first-order chi connectivity index (χ1) is 12.7. The molecule has 0 aliphatic heterocycles. The van der Waals surface area contributed by atoms with Gasteiger partial charge >= 0.3 is 0 Å². The monoisotopic (exact) mass is 460 g/mol. The molecular weight excluding hydrogens is 443 g/mol. The molecule has 6 heteroatoms. The number of carbonyl (C=O) groups is 1. The van der Waals surface area contributed by atoms with Crippen LogP contribution in [-0.2, 0) is 11.4 Å². The maximum atomic E-state index is 12.1. The first-order valence-corrected chi connectivity index (χ1v) is 9.07. The third kappa shape index (κ3) is 5.73. The number of anilines is 1. The van der Waals surface area contributed by atoms with Crippen LogP contribution in [0.4, 0.5) is 5.69 Å². The summed E-state index contributed by atoms with van der Waals surface area (Å²) in [6.07, 6.45) is 3.48. The van der Waals surface area contributed by atoms with Gasteiger partial charge in [-0.3, -0.25) is 9.78 Å². The Balaban J connectivity index is 1.51. The van der Waals surface area contributed by atoms with Crippen LogP contribution >= 0.6 is 22.6 Å². The molecule has 0 aliphatic carbocycles. The molecule has 0 saturated carbocycles. The summed E-state index contributed by atoms with van der Waals surface area (Å²) >= 11 is 2.22. The zero-order valence-electron chi connectivity index (χ0n) is 13.9. The van der Waals surface area contributed by atoms with Crippen molar-refractivity contribution in [2.24, 2.45) is 0 Å². The standard InChI is InChI=1S/C20H17IN2O3/c21-16-6-8-18(9-7-16)26-14-20(24)23-17-4-1-5-19(11-17)25-13-15-3-2-10-22-12-15/h1-12H,13-14H2,(H,23,24). The minimum Gasteiger partial charge on any atom is -0.489 e. The van der Waals surface area contributed by atoms with Crippen molar-refractivity contribution < 1.29 is 14.3 Å². The van der Waals surface area contributed by atoms with E-state index in [4.69, 9.17) is 9.47 Å². The number of halogens is 1. The van der Waals surface area contributed by atoms with E-state index >= 15 is 0 Å². The second kappa shape index (κ2) is 9.19. The fraction of sp³-hybridized carbons (Fsp3) is 0.100. The molecule has 0 aliphatic rings. The molecule has 3 rings (SSSR count). The van der Waals surface area contributed by atoms with Crippen LogP contribution in [0.5, 0.6) is 11.5 Å².